The third-order valence-electron chi connectivity index (χ3n) is 4.78. The van der Waals surface area contributed by atoms with Gasteiger partial charge in [0.25, 0.3) is 0 Å². The van der Waals surface area contributed by atoms with Gasteiger partial charge in [0, 0.05) is 11.5 Å². The summed E-state index contributed by atoms with van der Waals surface area (Å²) in [5, 5.41) is 4.76. The van der Waals surface area contributed by atoms with Crippen LogP contribution in [0.4, 0.5) is 0 Å². The first-order valence-electron chi connectivity index (χ1n) is 7.79. The van der Waals surface area contributed by atoms with E-state index in [1.165, 1.54) is 29.0 Å². The van der Waals surface area contributed by atoms with Crippen LogP contribution in [0.1, 0.15) is 36.0 Å². The van der Waals surface area contributed by atoms with Crippen molar-refractivity contribution in [2.24, 2.45) is 5.92 Å². The minimum Gasteiger partial charge on any atom is -0.294 e. The van der Waals surface area contributed by atoms with Gasteiger partial charge in [0.15, 0.2) is 5.78 Å². The summed E-state index contributed by atoms with van der Waals surface area (Å²) < 4.78 is 0. The van der Waals surface area contributed by atoms with Crippen LogP contribution in [0.3, 0.4) is 0 Å². The zero-order valence-corrected chi connectivity index (χ0v) is 12.0. The van der Waals surface area contributed by atoms with Crippen LogP contribution >= 0.6 is 0 Å². The molecule has 0 saturated heterocycles. The van der Waals surface area contributed by atoms with Crippen molar-refractivity contribution in [3.63, 3.8) is 0 Å². The molecule has 0 N–H and O–H groups in total. The molecular weight excluding hydrogens is 256 g/mol. The predicted molar refractivity (Wildman–Crippen MR) is 87.7 cm³/mol. The lowest BCUT2D eigenvalue weighted by Gasteiger charge is -2.12. The molecule has 0 radical (unpaired) electrons. The Morgan fingerprint density at radius 1 is 0.762 bits per heavy atom. The lowest BCUT2D eigenvalue weighted by molar-refractivity contribution is 0.0924. The van der Waals surface area contributed by atoms with Crippen molar-refractivity contribution in [2.75, 3.05) is 0 Å². The molecule has 1 nitrogen and oxygen atoms in total. The maximum Gasteiger partial charge on any atom is 0.166 e. The molecule has 1 heteroatoms. The van der Waals surface area contributed by atoms with E-state index in [-0.39, 0.29) is 5.92 Å². The number of ketones is 1. The standard InChI is InChI=1S/C20H18O/c21-20(15-7-1-2-8-15)19-11-5-10-17-16-9-4-3-6-14(16)12-13-18(17)19/h3-6,9-13,15H,1-2,7-8H2. The Balaban J connectivity index is 1.94. The second-order valence-corrected chi connectivity index (χ2v) is 6.03. The van der Waals surface area contributed by atoms with Crippen molar-refractivity contribution >= 4 is 27.3 Å². The largest absolute Gasteiger partial charge is 0.294 e. The van der Waals surface area contributed by atoms with Crippen molar-refractivity contribution in [2.45, 2.75) is 25.7 Å². The Morgan fingerprint density at radius 3 is 2.38 bits per heavy atom. The van der Waals surface area contributed by atoms with Crippen molar-refractivity contribution in [1.29, 1.82) is 0 Å². The Bertz CT molecular complexity index is 825. The van der Waals surface area contributed by atoms with E-state index in [0.717, 1.165) is 23.8 Å². The highest BCUT2D eigenvalue weighted by atomic mass is 16.1. The second kappa shape index (κ2) is 5.00. The van der Waals surface area contributed by atoms with E-state index in [4.69, 9.17) is 0 Å². The van der Waals surface area contributed by atoms with Crippen LogP contribution < -0.4 is 0 Å². The van der Waals surface area contributed by atoms with Crippen LogP contribution in [0, 0.1) is 5.92 Å². The first kappa shape index (κ1) is 12.6. The molecule has 4 rings (SSSR count). The van der Waals surface area contributed by atoms with E-state index < -0.39 is 0 Å². The van der Waals surface area contributed by atoms with Crippen LogP contribution in [0.25, 0.3) is 21.5 Å². The molecule has 0 heterocycles. The molecule has 3 aromatic carbocycles. The summed E-state index contributed by atoms with van der Waals surface area (Å²) in [7, 11) is 0. The third-order valence-corrected chi connectivity index (χ3v) is 4.78. The lowest BCUT2D eigenvalue weighted by Crippen LogP contribution is -2.11. The Hall–Kier alpha value is -2.15. The summed E-state index contributed by atoms with van der Waals surface area (Å²) in [6, 6.07) is 18.8. The van der Waals surface area contributed by atoms with E-state index in [1.54, 1.807) is 0 Å². The van der Waals surface area contributed by atoms with Gasteiger partial charge in [0.05, 0.1) is 0 Å². The lowest BCUT2D eigenvalue weighted by atomic mass is 9.91. The number of benzene rings is 3. The highest BCUT2D eigenvalue weighted by Crippen LogP contribution is 2.32. The van der Waals surface area contributed by atoms with Gasteiger partial charge < -0.3 is 0 Å². The molecule has 1 aliphatic carbocycles. The minimum absolute atomic E-state index is 0.238. The zero-order chi connectivity index (χ0) is 14.2. The molecule has 3 aromatic rings. The van der Waals surface area contributed by atoms with Crippen LogP contribution in [0.5, 0.6) is 0 Å². The molecule has 1 aliphatic rings. The number of fused-ring (bicyclic) bond motifs is 3. The smallest absolute Gasteiger partial charge is 0.166 e. The summed E-state index contributed by atoms with van der Waals surface area (Å²) >= 11 is 0. The van der Waals surface area contributed by atoms with Crippen LogP contribution in [-0.4, -0.2) is 5.78 Å². The SMILES string of the molecule is O=C(c1cccc2c1ccc1ccccc12)C1CCCC1. The van der Waals surface area contributed by atoms with Gasteiger partial charge in [-0.25, -0.2) is 0 Å². The van der Waals surface area contributed by atoms with E-state index in [0.29, 0.717) is 5.78 Å². The summed E-state index contributed by atoms with van der Waals surface area (Å²) in [4.78, 5) is 12.8. The molecule has 0 aromatic heterocycles. The number of carbonyl (C=O) groups is 1. The Labute approximate surface area is 124 Å². The average Bonchev–Trinajstić information content (AvgIpc) is 3.08. The van der Waals surface area contributed by atoms with Gasteiger partial charge in [-0.15, -0.1) is 0 Å². The van der Waals surface area contributed by atoms with Gasteiger partial charge in [0.2, 0.25) is 0 Å². The van der Waals surface area contributed by atoms with Crippen molar-refractivity contribution in [1.82, 2.24) is 0 Å². The molecule has 104 valence electrons. The number of carbonyl (C=O) groups excluding carboxylic acids is 1. The molecule has 21 heavy (non-hydrogen) atoms. The zero-order valence-electron chi connectivity index (χ0n) is 12.0. The number of hydrogen-bond donors (Lipinski definition) is 0. The fourth-order valence-corrected chi connectivity index (χ4v) is 3.66. The predicted octanol–water partition coefficient (Wildman–Crippen LogP) is 5.37. The normalized spacial score (nSPS) is 15.8. The van der Waals surface area contributed by atoms with E-state index >= 15 is 0 Å². The van der Waals surface area contributed by atoms with Gasteiger partial charge in [0.1, 0.15) is 0 Å². The summed E-state index contributed by atoms with van der Waals surface area (Å²) in [5.74, 6) is 0.579. The third kappa shape index (κ3) is 2.04. The maximum absolute atomic E-state index is 12.8. The fraction of sp³-hybridized carbons (Fsp3) is 0.250. The Morgan fingerprint density at radius 2 is 1.52 bits per heavy atom. The van der Waals surface area contributed by atoms with Gasteiger partial charge in [-0.05, 0) is 34.4 Å². The molecule has 1 saturated carbocycles. The summed E-state index contributed by atoms with van der Waals surface area (Å²) in [6.45, 7) is 0. The molecule has 0 atom stereocenters. The topological polar surface area (TPSA) is 17.1 Å². The molecule has 0 aliphatic heterocycles. The van der Waals surface area contributed by atoms with Gasteiger partial charge >= 0.3 is 0 Å². The second-order valence-electron chi connectivity index (χ2n) is 6.03. The van der Waals surface area contributed by atoms with Crippen molar-refractivity contribution in [3.05, 3.63) is 60.2 Å². The fourth-order valence-electron chi connectivity index (χ4n) is 3.66. The minimum atomic E-state index is 0.238. The summed E-state index contributed by atoms with van der Waals surface area (Å²) in [6.07, 6.45) is 4.51. The molecule has 0 spiro atoms. The monoisotopic (exact) mass is 274 g/mol. The van der Waals surface area contributed by atoms with E-state index in [2.05, 4.69) is 42.5 Å². The van der Waals surface area contributed by atoms with Gasteiger partial charge in [-0.1, -0.05) is 67.4 Å². The van der Waals surface area contributed by atoms with Crippen LogP contribution in [0.15, 0.2) is 54.6 Å². The van der Waals surface area contributed by atoms with E-state index in [9.17, 15) is 4.79 Å². The number of rotatable bonds is 2. The van der Waals surface area contributed by atoms with Crippen LogP contribution in [0.2, 0.25) is 0 Å². The quantitative estimate of drug-likeness (QED) is 0.454. The highest BCUT2D eigenvalue weighted by Gasteiger charge is 2.24. The molecule has 1 fully saturated rings. The van der Waals surface area contributed by atoms with Gasteiger partial charge in [-0.2, -0.15) is 0 Å². The molecule has 0 bridgehead atoms. The first-order valence-corrected chi connectivity index (χ1v) is 7.79. The van der Waals surface area contributed by atoms with Gasteiger partial charge in [-0.3, -0.25) is 4.79 Å². The Kier molecular flexibility index (Phi) is 2.99. The maximum atomic E-state index is 12.8. The number of Topliss-reactive ketones (excluding diaryl/α,β-unsaturated/α-hetero) is 1. The summed E-state index contributed by atoms with van der Waals surface area (Å²) in [5.41, 5.74) is 0.908. The molecule has 0 unspecified atom stereocenters. The number of hydrogen-bond acceptors (Lipinski definition) is 1. The highest BCUT2D eigenvalue weighted by molar-refractivity contribution is 6.16. The molecular formula is C20H18O. The van der Waals surface area contributed by atoms with Crippen molar-refractivity contribution < 1.29 is 4.79 Å². The van der Waals surface area contributed by atoms with Crippen molar-refractivity contribution in [3.8, 4) is 0 Å². The average molecular weight is 274 g/mol. The van der Waals surface area contributed by atoms with E-state index in [1.807, 2.05) is 12.1 Å². The van der Waals surface area contributed by atoms with Crippen LogP contribution in [-0.2, 0) is 0 Å². The first-order chi connectivity index (χ1) is 10.3. The molecule has 0 amide bonds.